The number of ether oxygens (including phenoxy) is 1. The predicted molar refractivity (Wildman–Crippen MR) is 69.2 cm³/mol. The van der Waals surface area contributed by atoms with E-state index in [2.05, 4.69) is 21.9 Å². The highest BCUT2D eigenvalue weighted by Gasteiger charge is 2.21. The number of anilines is 1. The molecule has 18 heavy (non-hydrogen) atoms. The summed E-state index contributed by atoms with van der Waals surface area (Å²) in [5.41, 5.74) is 6.20. The van der Waals surface area contributed by atoms with Gasteiger partial charge in [-0.1, -0.05) is 12.2 Å². The summed E-state index contributed by atoms with van der Waals surface area (Å²) >= 11 is 0. The maximum absolute atomic E-state index is 11.5. The number of imidazole rings is 1. The highest BCUT2D eigenvalue weighted by Crippen LogP contribution is 2.23. The molecule has 1 atom stereocenters. The first-order chi connectivity index (χ1) is 8.63. The Labute approximate surface area is 107 Å². The van der Waals surface area contributed by atoms with Crippen LogP contribution in [0.25, 0.3) is 0 Å². The van der Waals surface area contributed by atoms with E-state index in [1.54, 1.807) is 0 Å². The third-order valence-corrected chi connectivity index (χ3v) is 3.39. The van der Waals surface area contributed by atoms with E-state index in [-0.39, 0.29) is 5.69 Å². The van der Waals surface area contributed by atoms with Gasteiger partial charge in [0.1, 0.15) is 11.6 Å². The molecule has 2 N–H and O–H groups in total. The van der Waals surface area contributed by atoms with Gasteiger partial charge in [0.05, 0.1) is 7.11 Å². The van der Waals surface area contributed by atoms with Gasteiger partial charge in [0, 0.05) is 6.54 Å². The summed E-state index contributed by atoms with van der Waals surface area (Å²) < 4.78 is 6.58. The first-order valence-corrected chi connectivity index (χ1v) is 6.19. The van der Waals surface area contributed by atoms with Crippen LogP contribution in [0.15, 0.2) is 12.2 Å². The molecule has 0 amide bonds. The number of esters is 1. The number of hydrogen-bond donors (Lipinski definition) is 1. The summed E-state index contributed by atoms with van der Waals surface area (Å²) in [5.74, 6) is 1.27. The average Bonchev–Trinajstić information content (AvgIpc) is 2.67. The van der Waals surface area contributed by atoms with Crippen LogP contribution in [0.2, 0.25) is 0 Å². The zero-order valence-corrected chi connectivity index (χ0v) is 10.8. The lowest BCUT2D eigenvalue weighted by Crippen LogP contribution is -2.15. The zero-order valence-electron chi connectivity index (χ0n) is 10.8. The second-order valence-corrected chi connectivity index (χ2v) is 4.65. The van der Waals surface area contributed by atoms with Crippen LogP contribution in [0.5, 0.6) is 0 Å². The Morgan fingerprint density at radius 1 is 1.61 bits per heavy atom. The molecule has 0 aromatic carbocycles. The van der Waals surface area contributed by atoms with Gasteiger partial charge in [0.25, 0.3) is 0 Å². The molecule has 0 fully saturated rings. The van der Waals surface area contributed by atoms with Crippen molar-refractivity contribution < 1.29 is 9.53 Å². The molecule has 1 unspecified atom stereocenters. The van der Waals surface area contributed by atoms with Crippen molar-refractivity contribution in [1.82, 2.24) is 9.55 Å². The van der Waals surface area contributed by atoms with Crippen LogP contribution in [0.4, 0.5) is 5.82 Å². The van der Waals surface area contributed by atoms with Gasteiger partial charge in [-0.05, 0) is 32.1 Å². The second kappa shape index (κ2) is 5.25. The van der Waals surface area contributed by atoms with E-state index in [9.17, 15) is 4.79 Å². The molecule has 0 bridgehead atoms. The summed E-state index contributed by atoms with van der Waals surface area (Å²) in [5, 5.41) is 0. The Kier molecular flexibility index (Phi) is 3.69. The smallest absolute Gasteiger partial charge is 0.360 e. The Morgan fingerprint density at radius 2 is 2.39 bits per heavy atom. The minimum Gasteiger partial charge on any atom is -0.464 e. The number of carbonyl (C=O) groups is 1. The molecule has 2 rings (SSSR count). The first kappa shape index (κ1) is 12.7. The van der Waals surface area contributed by atoms with E-state index in [1.165, 1.54) is 7.11 Å². The summed E-state index contributed by atoms with van der Waals surface area (Å²) in [7, 11) is 1.34. The third kappa shape index (κ3) is 2.39. The van der Waals surface area contributed by atoms with Crippen molar-refractivity contribution in [1.29, 1.82) is 0 Å². The van der Waals surface area contributed by atoms with Crippen LogP contribution < -0.4 is 5.73 Å². The van der Waals surface area contributed by atoms with Crippen molar-refractivity contribution in [3.8, 4) is 0 Å². The molecule has 0 radical (unpaired) electrons. The molecule has 0 saturated heterocycles. The van der Waals surface area contributed by atoms with Gasteiger partial charge < -0.3 is 15.0 Å². The SMILES string of the molecule is COC(=O)c1nc(C)n(CC2CC=CCC2)c1N. The van der Waals surface area contributed by atoms with Crippen molar-refractivity contribution in [3.05, 3.63) is 23.7 Å². The van der Waals surface area contributed by atoms with Crippen molar-refractivity contribution in [3.63, 3.8) is 0 Å². The Bertz CT molecular complexity index is 477. The lowest BCUT2D eigenvalue weighted by molar-refractivity contribution is 0.0595. The number of aryl methyl sites for hydroxylation is 1. The van der Waals surface area contributed by atoms with E-state index in [0.717, 1.165) is 31.6 Å². The number of aromatic nitrogens is 2. The highest BCUT2D eigenvalue weighted by atomic mass is 16.5. The lowest BCUT2D eigenvalue weighted by atomic mass is 9.94. The van der Waals surface area contributed by atoms with Crippen LogP contribution in [0, 0.1) is 12.8 Å². The molecule has 0 aliphatic heterocycles. The molecular formula is C13H19N3O2. The van der Waals surface area contributed by atoms with E-state index in [1.807, 2.05) is 11.5 Å². The van der Waals surface area contributed by atoms with Gasteiger partial charge in [-0.15, -0.1) is 0 Å². The number of nitrogens with two attached hydrogens (primary N) is 1. The number of nitrogens with zero attached hydrogens (tertiary/aromatic N) is 2. The monoisotopic (exact) mass is 249 g/mol. The second-order valence-electron chi connectivity index (χ2n) is 4.65. The van der Waals surface area contributed by atoms with Crippen LogP contribution in [-0.2, 0) is 11.3 Å². The van der Waals surface area contributed by atoms with Gasteiger partial charge in [-0.25, -0.2) is 9.78 Å². The zero-order chi connectivity index (χ0) is 13.1. The van der Waals surface area contributed by atoms with E-state index >= 15 is 0 Å². The van der Waals surface area contributed by atoms with Crippen molar-refractivity contribution in [2.75, 3.05) is 12.8 Å². The Hall–Kier alpha value is -1.78. The van der Waals surface area contributed by atoms with Gasteiger partial charge in [-0.3, -0.25) is 0 Å². The maximum Gasteiger partial charge on any atom is 0.360 e. The number of rotatable bonds is 3. The molecule has 5 nitrogen and oxygen atoms in total. The summed E-state index contributed by atoms with van der Waals surface area (Å²) in [4.78, 5) is 15.7. The maximum atomic E-state index is 11.5. The van der Waals surface area contributed by atoms with Crippen LogP contribution >= 0.6 is 0 Å². The lowest BCUT2D eigenvalue weighted by Gasteiger charge is -2.19. The van der Waals surface area contributed by atoms with Crippen LogP contribution in [-0.4, -0.2) is 22.6 Å². The van der Waals surface area contributed by atoms with E-state index in [0.29, 0.717) is 11.7 Å². The van der Waals surface area contributed by atoms with E-state index in [4.69, 9.17) is 5.73 Å². The molecule has 0 saturated carbocycles. The van der Waals surface area contributed by atoms with Crippen molar-refractivity contribution >= 4 is 11.8 Å². The molecule has 0 spiro atoms. The number of hydrogen-bond acceptors (Lipinski definition) is 4. The Morgan fingerprint density at radius 3 is 3.00 bits per heavy atom. The molecular weight excluding hydrogens is 230 g/mol. The summed E-state index contributed by atoms with van der Waals surface area (Å²) in [6.07, 6.45) is 7.74. The first-order valence-electron chi connectivity index (χ1n) is 6.19. The Balaban J connectivity index is 2.20. The van der Waals surface area contributed by atoms with E-state index < -0.39 is 5.97 Å². The van der Waals surface area contributed by atoms with Crippen molar-refractivity contribution in [2.45, 2.75) is 32.7 Å². The molecule has 1 aliphatic carbocycles. The molecule has 1 aromatic heterocycles. The standard InChI is InChI=1S/C13H19N3O2/c1-9-15-11(13(17)18-2)12(14)16(9)8-10-6-4-3-5-7-10/h3-4,10H,5-8,14H2,1-2H3. The molecule has 1 aromatic rings. The van der Waals surface area contributed by atoms with Gasteiger partial charge in [0.2, 0.25) is 0 Å². The molecule has 1 heterocycles. The molecule has 98 valence electrons. The van der Waals surface area contributed by atoms with Crippen molar-refractivity contribution in [2.24, 2.45) is 5.92 Å². The van der Waals surface area contributed by atoms with Crippen LogP contribution in [0.3, 0.4) is 0 Å². The molecule has 5 heteroatoms. The fourth-order valence-electron chi connectivity index (χ4n) is 2.34. The minimum absolute atomic E-state index is 0.223. The average molecular weight is 249 g/mol. The minimum atomic E-state index is -0.474. The van der Waals surface area contributed by atoms with Gasteiger partial charge >= 0.3 is 5.97 Å². The number of carbonyl (C=O) groups excluding carboxylic acids is 1. The summed E-state index contributed by atoms with van der Waals surface area (Å²) in [6.45, 7) is 2.67. The third-order valence-electron chi connectivity index (χ3n) is 3.39. The van der Waals surface area contributed by atoms with Crippen LogP contribution in [0.1, 0.15) is 35.6 Å². The number of allylic oxidation sites excluding steroid dienone is 2. The normalized spacial score (nSPS) is 18.9. The summed E-state index contributed by atoms with van der Waals surface area (Å²) in [6, 6.07) is 0. The largest absolute Gasteiger partial charge is 0.464 e. The fourth-order valence-corrected chi connectivity index (χ4v) is 2.34. The predicted octanol–water partition coefficient (Wildman–Crippen LogP) is 1.92. The quantitative estimate of drug-likeness (QED) is 0.656. The fraction of sp³-hybridized carbons (Fsp3) is 0.538. The highest BCUT2D eigenvalue weighted by molar-refractivity contribution is 5.92. The molecule has 1 aliphatic rings. The topological polar surface area (TPSA) is 70.1 Å². The van der Waals surface area contributed by atoms with Gasteiger partial charge in [0.15, 0.2) is 5.69 Å². The van der Waals surface area contributed by atoms with Gasteiger partial charge in [-0.2, -0.15) is 0 Å². The number of methoxy groups -OCH3 is 1. The number of nitrogen functional groups attached to an aromatic ring is 1.